The largest absolute Gasteiger partial charge is 0.476 e. The lowest BCUT2D eigenvalue weighted by molar-refractivity contribution is -0.141. The quantitative estimate of drug-likeness (QED) is 0.775. The van der Waals surface area contributed by atoms with Gasteiger partial charge in [-0.2, -0.15) is 13.2 Å². The molecule has 1 aliphatic carbocycles. The predicted molar refractivity (Wildman–Crippen MR) is 90.5 cm³/mol. The number of aromatic nitrogens is 4. The van der Waals surface area contributed by atoms with Gasteiger partial charge in [-0.25, -0.2) is 19.7 Å². The molecule has 8 nitrogen and oxygen atoms in total. The average molecular weight is 397 g/mol. The molecule has 0 bridgehead atoms. The topological polar surface area (TPSA) is 110 Å². The molecule has 0 radical (unpaired) electrons. The zero-order chi connectivity index (χ0) is 20.3. The minimum atomic E-state index is -4.60. The molecule has 0 spiro atoms. The molecule has 150 valence electrons. The van der Waals surface area contributed by atoms with Gasteiger partial charge in [-0.05, 0) is 12.3 Å². The van der Waals surface area contributed by atoms with Gasteiger partial charge in [-0.3, -0.25) is 4.79 Å². The van der Waals surface area contributed by atoms with E-state index in [4.69, 9.17) is 5.11 Å². The van der Waals surface area contributed by atoms with Gasteiger partial charge in [-0.15, -0.1) is 0 Å². The number of nitrogens with zero attached hydrogens (tertiary/aromatic N) is 4. The van der Waals surface area contributed by atoms with Crippen molar-refractivity contribution < 1.29 is 27.9 Å². The highest BCUT2D eigenvalue weighted by Crippen LogP contribution is 2.34. The number of hydrogen-bond donors (Lipinski definition) is 2. The molecule has 2 aromatic heterocycles. The van der Waals surface area contributed by atoms with E-state index in [1.165, 1.54) is 0 Å². The van der Waals surface area contributed by atoms with Gasteiger partial charge < -0.3 is 15.0 Å². The third kappa shape index (κ3) is 4.65. The van der Waals surface area contributed by atoms with Gasteiger partial charge in [0.1, 0.15) is 6.04 Å². The standard InChI is InChI=1S/C17H18F3N5O3/c18-17(19,20)13-8-25(9-23-13)12(5-10-3-1-2-4-10)15(26)24-14-7-21-11(6-22-14)16(27)28/h6-10,12H,1-5H2,(H,27,28)(H,22,24,26)/t12-/m0/s1. The number of amides is 1. The second-order valence-electron chi connectivity index (χ2n) is 6.69. The SMILES string of the molecule is O=C(O)c1cnc(NC(=O)[C@H](CC2CCCC2)n2cnc(C(F)(F)F)c2)cn1. The third-order valence-corrected chi connectivity index (χ3v) is 4.71. The van der Waals surface area contributed by atoms with Gasteiger partial charge in [-0.1, -0.05) is 25.7 Å². The molecule has 1 fully saturated rings. The number of imidazole rings is 1. The fraction of sp³-hybridized carbons (Fsp3) is 0.471. The Morgan fingerprint density at radius 1 is 1.21 bits per heavy atom. The zero-order valence-corrected chi connectivity index (χ0v) is 14.7. The van der Waals surface area contributed by atoms with Crippen LogP contribution in [0.4, 0.5) is 19.0 Å². The third-order valence-electron chi connectivity index (χ3n) is 4.71. The highest BCUT2D eigenvalue weighted by molar-refractivity contribution is 5.93. The van der Waals surface area contributed by atoms with Crippen LogP contribution < -0.4 is 5.32 Å². The molecule has 1 aliphatic rings. The molecule has 11 heteroatoms. The van der Waals surface area contributed by atoms with Gasteiger partial charge in [0.25, 0.3) is 0 Å². The van der Waals surface area contributed by atoms with Gasteiger partial charge >= 0.3 is 12.1 Å². The number of hydrogen-bond acceptors (Lipinski definition) is 5. The van der Waals surface area contributed by atoms with Gasteiger partial charge in [0.05, 0.1) is 18.7 Å². The summed E-state index contributed by atoms with van der Waals surface area (Å²) in [6.45, 7) is 0. The molecule has 0 aliphatic heterocycles. The van der Waals surface area contributed by atoms with E-state index in [1.807, 2.05) is 0 Å². The van der Waals surface area contributed by atoms with Crippen molar-refractivity contribution in [3.63, 3.8) is 0 Å². The highest BCUT2D eigenvalue weighted by atomic mass is 19.4. The summed E-state index contributed by atoms with van der Waals surface area (Å²) >= 11 is 0. The molecule has 2 N–H and O–H groups in total. The Balaban J connectivity index is 1.80. The predicted octanol–water partition coefficient (Wildman–Crippen LogP) is 3.15. The van der Waals surface area contributed by atoms with E-state index in [9.17, 15) is 22.8 Å². The van der Waals surface area contributed by atoms with E-state index in [2.05, 4.69) is 20.3 Å². The lowest BCUT2D eigenvalue weighted by Crippen LogP contribution is -2.27. The molecule has 0 aromatic carbocycles. The number of carboxylic acid groups (broad SMARTS) is 1. The summed E-state index contributed by atoms with van der Waals surface area (Å²) < 4.78 is 39.8. The molecule has 0 unspecified atom stereocenters. The van der Waals surface area contributed by atoms with Crippen LogP contribution in [0.3, 0.4) is 0 Å². The summed E-state index contributed by atoms with van der Waals surface area (Å²) in [5.41, 5.74) is -1.35. The van der Waals surface area contributed by atoms with E-state index < -0.39 is 29.8 Å². The maximum absolute atomic E-state index is 12.9. The van der Waals surface area contributed by atoms with E-state index in [0.29, 0.717) is 6.42 Å². The summed E-state index contributed by atoms with van der Waals surface area (Å²) in [4.78, 5) is 34.4. The van der Waals surface area contributed by atoms with Crippen LogP contribution in [-0.2, 0) is 11.0 Å². The molecule has 3 rings (SSSR count). The van der Waals surface area contributed by atoms with Gasteiger partial charge in [0, 0.05) is 6.20 Å². The van der Waals surface area contributed by atoms with E-state index in [0.717, 1.165) is 55.2 Å². The van der Waals surface area contributed by atoms with E-state index >= 15 is 0 Å². The molecule has 1 saturated carbocycles. The Morgan fingerprint density at radius 2 is 1.93 bits per heavy atom. The Hall–Kier alpha value is -2.98. The monoisotopic (exact) mass is 397 g/mol. The number of alkyl halides is 3. The van der Waals surface area contributed by atoms with E-state index in [-0.39, 0.29) is 17.4 Å². The minimum Gasteiger partial charge on any atom is -0.476 e. The Labute approximate surface area is 157 Å². The van der Waals surface area contributed by atoms with Crippen LogP contribution in [0.1, 0.15) is 54.3 Å². The fourth-order valence-electron chi connectivity index (χ4n) is 3.29. The first kappa shape index (κ1) is 19.8. The zero-order valence-electron chi connectivity index (χ0n) is 14.7. The molecular weight excluding hydrogens is 379 g/mol. The summed E-state index contributed by atoms with van der Waals surface area (Å²) in [6.07, 6.45) is 3.55. The number of carboxylic acids is 1. The molecule has 1 atom stereocenters. The van der Waals surface area contributed by atoms with Crippen LogP contribution in [0.2, 0.25) is 0 Å². The summed E-state index contributed by atoms with van der Waals surface area (Å²) in [5.74, 6) is -1.58. The number of aromatic carboxylic acids is 1. The average Bonchev–Trinajstić information content (AvgIpc) is 3.31. The minimum absolute atomic E-state index is 0.0163. The van der Waals surface area contributed by atoms with Crippen molar-refractivity contribution in [1.82, 2.24) is 19.5 Å². The van der Waals surface area contributed by atoms with Crippen LogP contribution in [0.25, 0.3) is 0 Å². The van der Waals surface area contributed by atoms with Crippen molar-refractivity contribution in [3.8, 4) is 0 Å². The van der Waals surface area contributed by atoms with Crippen molar-refractivity contribution in [2.45, 2.75) is 44.3 Å². The van der Waals surface area contributed by atoms with Crippen molar-refractivity contribution in [1.29, 1.82) is 0 Å². The molecular formula is C17H18F3N5O3. The lowest BCUT2D eigenvalue weighted by atomic mass is 9.97. The first-order valence-electron chi connectivity index (χ1n) is 8.71. The first-order valence-corrected chi connectivity index (χ1v) is 8.71. The van der Waals surface area contributed by atoms with Crippen LogP contribution in [0.5, 0.6) is 0 Å². The second kappa shape index (κ2) is 7.95. The van der Waals surface area contributed by atoms with E-state index in [1.54, 1.807) is 0 Å². The first-order chi connectivity index (χ1) is 13.2. The van der Waals surface area contributed by atoms with Crippen LogP contribution in [0, 0.1) is 5.92 Å². The number of carbonyl (C=O) groups excluding carboxylic acids is 1. The molecule has 2 heterocycles. The van der Waals surface area contributed by atoms with Crippen molar-refractivity contribution in [3.05, 3.63) is 36.3 Å². The van der Waals surface area contributed by atoms with Crippen molar-refractivity contribution in [2.75, 3.05) is 5.32 Å². The summed E-state index contributed by atoms with van der Waals surface area (Å²) in [6, 6.07) is -0.896. The Kier molecular flexibility index (Phi) is 5.61. The van der Waals surface area contributed by atoms with Crippen LogP contribution >= 0.6 is 0 Å². The molecule has 2 aromatic rings. The number of rotatable bonds is 6. The Bertz CT molecular complexity index is 844. The molecule has 1 amide bonds. The number of nitrogens with one attached hydrogen (secondary N) is 1. The number of carbonyl (C=O) groups is 2. The van der Waals surface area contributed by atoms with Crippen LogP contribution in [0.15, 0.2) is 24.9 Å². The maximum Gasteiger partial charge on any atom is 0.434 e. The smallest absolute Gasteiger partial charge is 0.434 e. The van der Waals surface area contributed by atoms with Crippen molar-refractivity contribution in [2.24, 2.45) is 5.92 Å². The Morgan fingerprint density at radius 3 is 2.46 bits per heavy atom. The molecule has 0 saturated heterocycles. The normalized spacial score (nSPS) is 16.1. The highest BCUT2D eigenvalue weighted by Gasteiger charge is 2.35. The van der Waals surface area contributed by atoms with Gasteiger partial charge in [0.2, 0.25) is 5.91 Å². The van der Waals surface area contributed by atoms with Gasteiger partial charge in [0.15, 0.2) is 17.2 Å². The second-order valence-corrected chi connectivity index (χ2v) is 6.69. The van der Waals surface area contributed by atoms with Crippen molar-refractivity contribution >= 4 is 17.7 Å². The number of anilines is 1. The molecule has 28 heavy (non-hydrogen) atoms. The fourth-order valence-corrected chi connectivity index (χ4v) is 3.29. The summed E-state index contributed by atoms with van der Waals surface area (Å²) in [5, 5.41) is 11.3. The lowest BCUT2D eigenvalue weighted by Gasteiger charge is -2.21. The summed E-state index contributed by atoms with van der Waals surface area (Å²) in [7, 11) is 0. The number of halogens is 3. The maximum atomic E-state index is 12.9. The van der Waals surface area contributed by atoms with Crippen LogP contribution in [-0.4, -0.2) is 36.5 Å².